The summed E-state index contributed by atoms with van der Waals surface area (Å²) in [6.45, 7) is 2.76. The first-order chi connectivity index (χ1) is 39.7. The lowest BCUT2D eigenvalue weighted by Gasteiger charge is -2.39. The van der Waals surface area contributed by atoms with Crippen LogP contribution < -0.4 is 42.5 Å². The van der Waals surface area contributed by atoms with Crippen molar-refractivity contribution in [2.45, 2.75) is 150 Å². The molecule has 4 aliphatic heterocycles. The number of anilines is 2. The van der Waals surface area contributed by atoms with Gasteiger partial charge in [0.05, 0.1) is 36.3 Å². The van der Waals surface area contributed by atoms with E-state index in [1.807, 2.05) is 0 Å². The maximum Gasteiger partial charge on any atom is 0.419 e. The third-order valence-electron chi connectivity index (χ3n) is 16.9. The summed E-state index contributed by atoms with van der Waals surface area (Å²) in [5.41, 5.74) is -1.63. The highest BCUT2D eigenvalue weighted by molar-refractivity contribution is 5.97. The zero-order valence-corrected chi connectivity index (χ0v) is 46.3. The van der Waals surface area contributed by atoms with Crippen LogP contribution in [0, 0.1) is 11.6 Å². The van der Waals surface area contributed by atoms with Crippen LogP contribution in [0.3, 0.4) is 0 Å². The van der Waals surface area contributed by atoms with Gasteiger partial charge in [-0.3, -0.25) is 28.8 Å². The van der Waals surface area contributed by atoms with Crippen LogP contribution in [0.1, 0.15) is 99.3 Å². The van der Waals surface area contributed by atoms with Crippen molar-refractivity contribution < 1.29 is 73.5 Å². The molecule has 84 heavy (non-hydrogen) atoms. The quantitative estimate of drug-likeness (QED) is 0.103. The van der Waals surface area contributed by atoms with Gasteiger partial charge in [-0.2, -0.15) is 26.3 Å². The molecule has 4 heterocycles. The number of amides is 10. The highest BCUT2D eigenvalue weighted by Crippen LogP contribution is 2.45. The second-order valence-electron chi connectivity index (χ2n) is 22.4. The molecule has 4 saturated heterocycles. The maximum absolute atomic E-state index is 14.5. The molecule has 2 saturated carbocycles. The number of halogens is 8. The Labute approximate surface area is 477 Å². The smallest absolute Gasteiger partial charge is 0.351 e. The number of benzene rings is 3. The Hall–Kier alpha value is -7.62. The fourth-order valence-corrected chi connectivity index (χ4v) is 11.7. The van der Waals surface area contributed by atoms with Gasteiger partial charge < -0.3 is 62.1 Å². The number of hydrogen-bond acceptors (Lipinski definition) is 10. The Morgan fingerprint density at radius 1 is 0.524 bits per heavy atom. The van der Waals surface area contributed by atoms with Crippen LogP contribution in [0.2, 0.25) is 0 Å². The fraction of sp³-hybridized carbons (Fsp3) is 0.536. The highest BCUT2D eigenvalue weighted by atomic mass is 19.4. The summed E-state index contributed by atoms with van der Waals surface area (Å²) in [5, 5.41) is 22.4. The summed E-state index contributed by atoms with van der Waals surface area (Å²) >= 11 is 0. The van der Waals surface area contributed by atoms with E-state index in [1.165, 1.54) is 56.0 Å². The van der Waals surface area contributed by atoms with Gasteiger partial charge in [0.2, 0.25) is 35.4 Å². The first-order valence-electron chi connectivity index (χ1n) is 27.9. The van der Waals surface area contributed by atoms with Crippen molar-refractivity contribution in [1.82, 2.24) is 51.5 Å². The van der Waals surface area contributed by atoms with E-state index in [4.69, 9.17) is 0 Å². The third-order valence-corrected chi connectivity index (χ3v) is 16.9. The van der Waals surface area contributed by atoms with Crippen molar-refractivity contribution in [1.29, 1.82) is 0 Å². The van der Waals surface area contributed by atoms with Crippen LogP contribution >= 0.6 is 0 Å². The normalized spacial score (nSPS) is 26.7. The minimum Gasteiger partial charge on any atom is -0.351 e. The number of carbonyl (C=O) groups is 8. The predicted molar refractivity (Wildman–Crippen MR) is 286 cm³/mol. The van der Waals surface area contributed by atoms with Crippen LogP contribution in [0.5, 0.6) is 0 Å². The van der Waals surface area contributed by atoms with Crippen LogP contribution in [0.4, 0.5) is 56.1 Å². The average molecular weight is 1190 g/mol. The summed E-state index contributed by atoms with van der Waals surface area (Å²) in [6, 6.07) is 2.04. The monoisotopic (exact) mass is 1190 g/mol. The molecular weight excluding hydrogens is 1120 g/mol. The number of nitrogens with one attached hydrogen (secondary N) is 8. The second-order valence-corrected chi connectivity index (χ2v) is 22.4. The van der Waals surface area contributed by atoms with Crippen molar-refractivity contribution in [3.63, 3.8) is 0 Å². The van der Waals surface area contributed by atoms with Gasteiger partial charge in [0.1, 0.15) is 35.8 Å². The topological polar surface area (TPSA) is 246 Å². The van der Waals surface area contributed by atoms with E-state index in [2.05, 4.69) is 42.5 Å². The molecule has 2 aliphatic carbocycles. The van der Waals surface area contributed by atoms with Gasteiger partial charge in [-0.25, -0.2) is 18.4 Å². The molecule has 0 aromatic heterocycles. The van der Waals surface area contributed by atoms with Crippen LogP contribution in [0.15, 0.2) is 60.7 Å². The molecule has 0 unspecified atom stereocenters. The van der Waals surface area contributed by atoms with E-state index in [0.29, 0.717) is 48.9 Å². The van der Waals surface area contributed by atoms with Crippen LogP contribution in [0.25, 0.3) is 0 Å². The summed E-state index contributed by atoms with van der Waals surface area (Å²) in [6.07, 6.45) is -7.28. The number of urea groups is 2. The van der Waals surface area contributed by atoms with Gasteiger partial charge >= 0.3 is 24.4 Å². The fourth-order valence-electron chi connectivity index (χ4n) is 11.7. The summed E-state index contributed by atoms with van der Waals surface area (Å²) in [7, 11) is 3.10. The first-order valence-corrected chi connectivity index (χ1v) is 27.9. The lowest BCUT2D eigenvalue weighted by Crippen LogP contribution is -2.62. The molecule has 454 valence electrons. The van der Waals surface area contributed by atoms with Gasteiger partial charge in [0.25, 0.3) is 0 Å². The van der Waals surface area contributed by atoms with Crippen molar-refractivity contribution in [3.8, 4) is 0 Å². The van der Waals surface area contributed by atoms with Crippen molar-refractivity contribution in [2.75, 3.05) is 50.9 Å². The van der Waals surface area contributed by atoms with Crippen molar-refractivity contribution in [2.24, 2.45) is 0 Å². The number of nitrogens with zero attached hydrogens (tertiary/aromatic N) is 4. The molecule has 28 heteroatoms. The molecule has 6 aliphatic rings. The summed E-state index contributed by atoms with van der Waals surface area (Å²) < 4.78 is 108. The zero-order valence-electron chi connectivity index (χ0n) is 46.3. The van der Waals surface area contributed by atoms with Gasteiger partial charge in [-0.15, -0.1) is 0 Å². The molecule has 0 bridgehead atoms. The molecule has 12 atom stereocenters. The van der Waals surface area contributed by atoms with E-state index >= 15 is 0 Å². The van der Waals surface area contributed by atoms with Gasteiger partial charge in [0, 0.05) is 60.5 Å². The standard InChI is InChI=1S/C56H66F8N12O8/c1-27(65-3)47(77)71-43-25-73(19-17-33-11-15-45(75(33)51(43)81)49(79)69-41-23-35(41)29-5-13-37(39(57)21-29)55(59,60)61)53(83)67-31-7-9-32(10-8-31)68-54(84)74-20-18-34-12-16-46(76(34)52(82)44(26-74)72-48(78)28(2)66-4)50(80)70-42-24-36(42)30-6-14-38(40(58)22-30)56(62,63)64/h5-10,13-14,21-22,27-28,33-36,41-46,65-66H,11-12,15-20,23-26H2,1-4H3,(H,67,83)(H,68,84)(H,69,79)(H,70,80)(H,71,77)(H,72,78)/t27-,28-,33+,34+,35+,36+,41-,42-,43-,44+,45-,46-/m0/s1. The molecule has 0 spiro atoms. The number of likely N-dealkylation sites (N-methyl/N-ethyl adjacent to an activating group) is 2. The largest absolute Gasteiger partial charge is 0.419 e. The molecule has 0 radical (unpaired) electrons. The van der Waals surface area contributed by atoms with Crippen LogP contribution in [-0.2, 0) is 41.1 Å². The number of fused-ring (bicyclic) bond motifs is 2. The van der Waals surface area contributed by atoms with Gasteiger partial charge in [-0.1, -0.05) is 12.1 Å². The van der Waals surface area contributed by atoms with E-state index in [0.717, 1.165) is 12.1 Å². The Balaban J connectivity index is 0.815. The second kappa shape index (κ2) is 24.5. The summed E-state index contributed by atoms with van der Waals surface area (Å²) in [5.74, 6) is -7.04. The third kappa shape index (κ3) is 13.5. The highest BCUT2D eigenvalue weighted by Gasteiger charge is 2.51. The first kappa shape index (κ1) is 61.0. The Bertz CT molecular complexity index is 2850. The molecule has 6 fully saturated rings. The van der Waals surface area contributed by atoms with E-state index in [1.54, 1.807) is 27.9 Å². The molecule has 3 aromatic rings. The average Bonchev–Trinajstić information content (AvgIpc) is 2.26. The molecular formula is C56H66F8N12O8. The number of hydrogen-bond donors (Lipinski definition) is 8. The zero-order chi connectivity index (χ0) is 60.7. The van der Waals surface area contributed by atoms with Gasteiger partial charge in [-0.05, 0) is 139 Å². The molecule has 3 aromatic carbocycles. The van der Waals surface area contributed by atoms with E-state index in [9.17, 15) is 73.5 Å². The Morgan fingerprint density at radius 3 is 1.23 bits per heavy atom. The molecule has 8 N–H and O–H groups in total. The SMILES string of the molecule is CN[C@@H](C)C(=O)N[C@H]1CN(C(=O)Nc2ccc(NC(=O)N3CC[C@H]4CC[C@@H](C(=O)N[C@H]5C[C@@H]5c5ccc(C(F)(F)F)c(F)c5)N4C(=O)[C@H](NC(=O)[C@H](C)NC)C3)cc2)CC[C@H]2CC[C@@H](C(=O)N[C@H]3C[C@@H]3c3ccc(C(F)(F)F)c(F)c3)N2C1=O. The van der Waals surface area contributed by atoms with Gasteiger partial charge in [0.15, 0.2) is 0 Å². The minimum absolute atomic E-state index is 0.0971. The Morgan fingerprint density at radius 2 is 0.893 bits per heavy atom. The van der Waals surface area contributed by atoms with E-state index in [-0.39, 0.29) is 63.2 Å². The number of carbonyl (C=O) groups excluding carboxylic acids is 8. The molecule has 10 amide bonds. The Kier molecular flexibility index (Phi) is 17.8. The van der Waals surface area contributed by atoms with Crippen LogP contribution in [-0.4, -0.2) is 168 Å². The predicted octanol–water partition coefficient (Wildman–Crippen LogP) is 4.73. The van der Waals surface area contributed by atoms with Crippen molar-refractivity contribution in [3.05, 3.63) is 94.6 Å². The molecule has 20 nitrogen and oxygen atoms in total. The lowest BCUT2D eigenvalue weighted by molar-refractivity contribution is -0.144. The van der Waals surface area contributed by atoms with E-state index < -0.39 is 155 Å². The molecule has 9 rings (SSSR count). The number of alkyl halides is 6. The van der Waals surface area contributed by atoms with Crippen molar-refractivity contribution >= 4 is 58.9 Å². The minimum atomic E-state index is -4.87. The maximum atomic E-state index is 14.5. The summed E-state index contributed by atoms with van der Waals surface area (Å²) in [4.78, 5) is 117. The number of rotatable bonds is 14. The lowest BCUT2D eigenvalue weighted by atomic mass is 10.1.